The Labute approximate surface area is 173 Å². The van der Waals surface area contributed by atoms with Crippen LogP contribution < -0.4 is 0 Å². The van der Waals surface area contributed by atoms with Crippen molar-refractivity contribution >= 4 is 11.8 Å². The van der Waals surface area contributed by atoms with Crippen molar-refractivity contribution in [2.45, 2.75) is 26.2 Å². The highest BCUT2D eigenvalue weighted by Gasteiger charge is 2.31. The highest BCUT2D eigenvalue weighted by molar-refractivity contribution is 5.82. The van der Waals surface area contributed by atoms with Crippen molar-refractivity contribution in [1.82, 2.24) is 14.8 Å². The quantitative estimate of drug-likeness (QED) is 0.678. The Bertz CT molecular complexity index is 850. The summed E-state index contributed by atoms with van der Waals surface area (Å²) in [6, 6.07) is 12.2. The second kappa shape index (κ2) is 10.0. The highest BCUT2D eigenvalue weighted by atomic mass is 16.2. The maximum Gasteiger partial charge on any atom is 0.228 e. The third-order valence-electron chi connectivity index (χ3n) is 5.31. The molecule has 2 aromatic rings. The fourth-order valence-corrected chi connectivity index (χ4v) is 3.83. The largest absolute Gasteiger partial charge is 0.340 e. The van der Waals surface area contributed by atoms with E-state index in [1.54, 1.807) is 12.3 Å². The van der Waals surface area contributed by atoms with Crippen molar-refractivity contribution < 1.29 is 9.59 Å². The zero-order valence-corrected chi connectivity index (χ0v) is 17.1. The first-order valence-corrected chi connectivity index (χ1v) is 10.3. The van der Waals surface area contributed by atoms with Crippen LogP contribution in [-0.4, -0.2) is 52.8 Å². The molecule has 1 saturated heterocycles. The number of hydrogen-bond acceptors (Lipinski definition) is 3. The molecule has 1 aromatic carbocycles. The minimum absolute atomic E-state index is 0.100. The molecule has 0 saturated carbocycles. The number of rotatable bonds is 7. The van der Waals surface area contributed by atoms with Gasteiger partial charge in [0.15, 0.2) is 0 Å². The first kappa shape index (κ1) is 20.8. The molecule has 1 aliphatic heterocycles. The summed E-state index contributed by atoms with van der Waals surface area (Å²) in [6.45, 7) is 7.92. The SMILES string of the molecule is C=CCN1CCN(C(=O)CCC)CC(Cc2cccc(-c3cccnc3)c2)C1=O. The van der Waals surface area contributed by atoms with Gasteiger partial charge in [0.25, 0.3) is 0 Å². The lowest BCUT2D eigenvalue weighted by atomic mass is 9.95. The Morgan fingerprint density at radius 2 is 2.07 bits per heavy atom. The third-order valence-corrected chi connectivity index (χ3v) is 5.31. The van der Waals surface area contributed by atoms with E-state index in [2.05, 4.69) is 23.7 Å². The van der Waals surface area contributed by atoms with Crippen LogP contribution in [0.2, 0.25) is 0 Å². The second-order valence-corrected chi connectivity index (χ2v) is 7.51. The topological polar surface area (TPSA) is 53.5 Å². The number of carbonyl (C=O) groups is 2. The average molecular weight is 392 g/mol. The molecule has 0 spiro atoms. The molecule has 1 aliphatic rings. The van der Waals surface area contributed by atoms with Crippen LogP contribution in [0.4, 0.5) is 0 Å². The molecule has 1 aromatic heterocycles. The van der Waals surface area contributed by atoms with Crippen molar-refractivity contribution in [1.29, 1.82) is 0 Å². The van der Waals surface area contributed by atoms with Gasteiger partial charge >= 0.3 is 0 Å². The lowest BCUT2D eigenvalue weighted by molar-refractivity contribution is -0.134. The van der Waals surface area contributed by atoms with E-state index in [-0.39, 0.29) is 17.7 Å². The number of pyridine rings is 1. The Morgan fingerprint density at radius 3 is 2.79 bits per heavy atom. The van der Waals surface area contributed by atoms with Crippen molar-refractivity contribution in [2.24, 2.45) is 5.92 Å². The summed E-state index contributed by atoms with van der Waals surface area (Å²) in [5, 5.41) is 0. The van der Waals surface area contributed by atoms with Gasteiger partial charge in [0.1, 0.15) is 0 Å². The number of aromatic nitrogens is 1. The van der Waals surface area contributed by atoms with Gasteiger partial charge in [-0.05, 0) is 35.6 Å². The van der Waals surface area contributed by atoms with Gasteiger partial charge in [0.05, 0.1) is 5.92 Å². The minimum atomic E-state index is -0.248. The molecule has 0 bridgehead atoms. The van der Waals surface area contributed by atoms with E-state index in [9.17, 15) is 9.59 Å². The van der Waals surface area contributed by atoms with Crippen LogP contribution in [0.15, 0.2) is 61.4 Å². The number of nitrogens with zero attached hydrogens (tertiary/aromatic N) is 3. The van der Waals surface area contributed by atoms with Crippen molar-refractivity contribution in [3.05, 3.63) is 67.0 Å². The summed E-state index contributed by atoms with van der Waals surface area (Å²) in [4.78, 5) is 33.6. The fourth-order valence-electron chi connectivity index (χ4n) is 3.83. The van der Waals surface area contributed by atoms with E-state index in [0.717, 1.165) is 23.1 Å². The molecular formula is C24H29N3O2. The lowest BCUT2D eigenvalue weighted by Gasteiger charge is -2.23. The molecule has 0 N–H and O–H groups in total. The van der Waals surface area contributed by atoms with Gasteiger partial charge in [-0.2, -0.15) is 0 Å². The Morgan fingerprint density at radius 1 is 1.24 bits per heavy atom. The van der Waals surface area contributed by atoms with Crippen LogP contribution in [-0.2, 0) is 16.0 Å². The van der Waals surface area contributed by atoms with Crippen LogP contribution in [0, 0.1) is 5.92 Å². The summed E-state index contributed by atoms with van der Waals surface area (Å²) in [7, 11) is 0. The minimum Gasteiger partial charge on any atom is -0.340 e. The van der Waals surface area contributed by atoms with Crippen LogP contribution in [0.1, 0.15) is 25.3 Å². The first-order valence-electron chi connectivity index (χ1n) is 10.3. The summed E-state index contributed by atoms with van der Waals surface area (Å²) >= 11 is 0. The number of hydrogen-bond donors (Lipinski definition) is 0. The molecule has 1 atom stereocenters. The van der Waals surface area contributed by atoms with E-state index >= 15 is 0 Å². The van der Waals surface area contributed by atoms with Crippen molar-refractivity contribution in [3.63, 3.8) is 0 Å². The lowest BCUT2D eigenvalue weighted by Crippen LogP contribution is -2.38. The predicted molar refractivity (Wildman–Crippen MR) is 115 cm³/mol. The van der Waals surface area contributed by atoms with Gasteiger partial charge in [0.2, 0.25) is 11.8 Å². The summed E-state index contributed by atoms with van der Waals surface area (Å²) in [5.74, 6) is -0.0132. The summed E-state index contributed by atoms with van der Waals surface area (Å²) < 4.78 is 0. The summed E-state index contributed by atoms with van der Waals surface area (Å²) in [5.41, 5.74) is 3.22. The average Bonchev–Trinajstić information content (AvgIpc) is 2.89. The Kier molecular flexibility index (Phi) is 7.17. The molecule has 3 rings (SSSR count). The molecule has 5 heteroatoms. The zero-order valence-electron chi connectivity index (χ0n) is 17.1. The Balaban J connectivity index is 1.83. The third kappa shape index (κ3) is 5.31. The molecule has 1 fully saturated rings. The second-order valence-electron chi connectivity index (χ2n) is 7.51. The van der Waals surface area contributed by atoms with Crippen LogP contribution >= 0.6 is 0 Å². The highest BCUT2D eigenvalue weighted by Crippen LogP contribution is 2.23. The summed E-state index contributed by atoms with van der Waals surface area (Å²) in [6.07, 6.45) is 7.30. The standard InChI is InChI=1S/C24H29N3O2/c1-3-7-23(28)27-14-13-26(12-4-2)24(29)22(18-27)16-19-8-5-9-20(15-19)21-10-6-11-25-17-21/h4-6,8-11,15,17,22H,2-3,7,12-14,16,18H2,1H3. The van der Waals surface area contributed by atoms with Crippen molar-refractivity contribution in [2.75, 3.05) is 26.2 Å². The van der Waals surface area contributed by atoms with Crippen LogP contribution in [0.5, 0.6) is 0 Å². The molecule has 5 nitrogen and oxygen atoms in total. The molecule has 1 unspecified atom stereocenters. The van der Waals surface area contributed by atoms with Crippen LogP contribution in [0.3, 0.4) is 0 Å². The van der Waals surface area contributed by atoms with E-state index in [1.807, 2.05) is 47.2 Å². The van der Waals surface area contributed by atoms with Crippen molar-refractivity contribution in [3.8, 4) is 11.1 Å². The number of amides is 2. The van der Waals surface area contributed by atoms with Gasteiger partial charge < -0.3 is 9.80 Å². The van der Waals surface area contributed by atoms with E-state index in [1.165, 1.54) is 0 Å². The molecule has 29 heavy (non-hydrogen) atoms. The molecule has 152 valence electrons. The van der Waals surface area contributed by atoms with E-state index < -0.39 is 0 Å². The number of benzene rings is 1. The predicted octanol–water partition coefficient (Wildman–Crippen LogP) is 3.56. The van der Waals surface area contributed by atoms with Gasteiger partial charge in [-0.25, -0.2) is 0 Å². The van der Waals surface area contributed by atoms with Gasteiger partial charge in [-0.3, -0.25) is 14.6 Å². The van der Waals surface area contributed by atoms with Crippen LogP contribution in [0.25, 0.3) is 11.1 Å². The normalized spacial score (nSPS) is 17.1. The monoisotopic (exact) mass is 391 g/mol. The molecule has 0 radical (unpaired) electrons. The maximum absolute atomic E-state index is 13.2. The zero-order chi connectivity index (χ0) is 20.6. The van der Waals surface area contributed by atoms with Gasteiger partial charge in [-0.1, -0.05) is 43.3 Å². The van der Waals surface area contributed by atoms with E-state index in [4.69, 9.17) is 0 Å². The maximum atomic E-state index is 13.2. The Hall–Kier alpha value is -2.95. The smallest absolute Gasteiger partial charge is 0.228 e. The fraction of sp³-hybridized carbons (Fsp3) is 0.375. The molecule has 2 heterocycles. The van der Waals surface area contributed by atoms with E-state index in [0.29, 0.717) is 39.0 Å². The molecule has 2 amide bonds. The number of carbonyl (C=O) groups excluding carboxylic acids is 2. The molecular weight excluding hydrogens is 362 g/mol. The van der Waals surface area contributed by atoms with Gasteiger partial charge in [0, 0.05) is 45.0 Å². The van der Waals surface area contributed by atoms with Gasteiger partial charge in [-0.15, -0.1) is 6.58 Å². The molecule has 0 aliphatic carbocycles. The first-order chi connectivity index (χ1) is 14.1.